The molecule has 3 heteroatoms. The van der Waals surface area contributed by atoms with Crippen molar-refractivity contribution < 1.29 is 9.53 Å². The van der Waals surface area contributed by atoms with E-state index < -0.39 is 0 Å². The predicted octanol–water partition coefficient (Wildman–Crippen LogP) is 3.51. The highest BCUT2D eigenvalue weighted by molar-refractivity contribution is 5.91. The lowest BCUT2D eigenvalue weighted by Gasteiger charge is -2.07. The van der Waals surface area contributed by atoms with E-state index in [2.05, 4.69) is 5.32 Å². The molecule has 3 nitrogen and oxygen atoms in total. The number of amides is 1. The largest absolute Gasteiger partial charge is 0.492 e. The second kappa shape index (κ2) is 8.03. The van der Waals surface area contributed by atoms with Crippen molar-refractivity contribution in [3.05, 3.63) is 71.3 Å². The molecule has 0 heterocycles. The van der Waals surface area contributed by atoms with Crippen molar-refractivity contribution in [2.75, 3.05) is 13.2 Å². The lowest BCUT2D eigenvalue weighted by Crippen LogP contribution is -2.26. The van der Waals surface area contributed by atoms with Gasteiger partial charge in [0.15, 0.2) is 0 Å². The van der Waals surface area contributed by atoms with Crippen molar-refractivity contribution in [3.8, 4) is 5.75 Å². The lowest BCUT2D eigenvalue weighted by molar-refractivity contribution is -0.116. The van der Waals surface area contributed by atoms with Crippen LogP contribution in [-0.2, 0) is 4.79 Å². The maximum absolute atomic E-state index is 11.7. The van der Waals surface area contributed by atoms with Gasteiger partial charge in [0.2, 0.25) is 5.91 Å². The first-order valence-corrected chi connectivity index (χ1v) is 7.35. The molecule has 0 fully saturated rings. The van der Waals surface area contributed by atoms with Crippen molar-refractivity contribution >= 4 is 12.0 Å². The molecule has 0 saturated carbocycles. The Labute approximate surface area is 131 Å². The maximum atomic E-state index is 11.7. The summed E-state index contributed by atoms with van der Waals surface area (Å²) in [4.78, 5) is 11.7. The fraction of sp³-hybridized carbons (Fsp3) is 0.211. The fourth-order valence-electron chi connectivity index (χ4n) is 1.96. The number of rotatable bonds is 6. The number of benzene rings is 2. The van der Waals surface area contributed by atoms with E-state index in [1.807, 2.05) is 62.4 Å². The molecule has 0 aliphatic rings. The molecule has 0 saturated heterocycles. The molecule has 0 bridgehead atoms. The van der Waals surface area contributed by atoms with Crippen LogP contribution in [0, 0.1) is 13.8 Å². The van der Waals surface area contributed by atoms with Crippen LogP contribution in [-0.4, -0.2) is 19.1 Å². The summed E-state index contributed by atoms with van der Waals surface area (Å²) in [6.07, 6.45) is 3.34. The summed E-state index contributed by atoms with van der Waals surface area (Å²) in [6, 6.07) is 15.9. The predicted molar refractivity (Wildman–Crippen MR) is 89.9 cm³/mol. The van der Waals surface area contributed by atoms with Gasteiger partial charge in [0, 0.05) is 6.08 Å². The first-order valence-electron chi connectivity index (χ1n) is 7.35. The topological polar surface area (TPSA) is 38.3 Å². The Morgan fingerprint density at radius 1 is 1.09 bits per heavy atom. The Morgan fingerprint density at radius 2 is 1.86 bits per heavy atom. The highest BCUT2D eigenvalue weighted by Gasteiger charge is 1.97. The molecule has 0 spiro atoms. The molecule has 114 valence electrons. The monoisotopic (exact) mass is 295 g/mol. The third-order valence-corrected chi connectivity index (χ3v) is 3.16. The third kappa shape index (κ3) is 5.44. The van der Waals surface area contributed by atoms with E-state index in [1.54, 1.807) is 6.08 Å². The Bertz CT molecular complexity index is 645. The average Bonchev–Trinajstić information content (AvgIpc) is 2.51. The molecule has 1 amide bonds. The van der Waals surface area contributed by atoms with Crippen LogP contribution < -0.4 is 10.1 Å². The van der Waals surface area contributed by atoms with Crippen LogP contribution in [0.25, 0.3) is 6.08 Å². The minimum absolute atomic E-state index is 0.117. The van der Waals surface area contributed by atoms with Crippen molar-refractivity contribution in [1.29, 1.82) is 0 Å². The summed E-state index contributed by atoms with van der Waals surface area (Å²) in [6.45, 7) is 4.98. The molecule has 0 atom stereocenters. The minimum atomic E-state index is -0.117. The van der Waals surface area contributed by atoms with Crippen molar-refractivity contribution in [2.24, 2.45) is 0 Å². The summed E-state index contributed by atoms with van der Waals surface area (Å²) in [5.74, 6) is 0.706. The second-order valence-electron chi connectivity index (χ2n) is 5.20. The standard InChI is InChI=1S/C19H21NO2/c1-15-6-8-17(9-7-15)10-11-19(21)20-12-13-22-18-5-3-4-16(2)14-18/h3-11,14H,12-13H2,1-2H3,(H,20,21)/b11-10+. The van der Waals surface area contributed by atoms with E-state index >= 15 is 0 Å². The smallest absolute Gasteiger partial charge is 0.244 e. The molecular formula is C19H21NO2. The fourth-order valence-corrected chi connectivity index (χ4v) is 1.96. The van der Waals surface area contributed by atoms with Crippen molar-refractivity contribution in [2.45, 2.75) is 13.8 Å². The zero-order valence-electron chi connectivity index (χ0n) is 13.0. The maximum Gasteiger partial charge on any atom is 0.244 e. The summed E-state index contributed by atoms with van der Waals surface area (Å²) in [5.41, 5.74) is 3.37. The van der Waals surface area contributed by atoms with Gasteiger partial charge in [0.1, 0.15) is 12.4 Å². The molecule has 0 radical (unpaired) electrons. The third-order valence-electron chi connectivity index (χ3n) is 3.16. The second-order valence-corrected chi connectivity index (χ2v) is 5.20. The van der Waals surface area contributed by atoms with E-state index in [9.17, 15) is 4.79 Å². The van der Waals surface area contributed by atoms with Gasteiger partial charge in [-0.3, -0.25) is 4.79 Å². The average molecular weight is 295 g/mol. The first kappa shape index (κ1) is 15.8. The number of hydrogen-bond donors (Lipinski definition) is 1. The highest BCUT2D eigenvalue weighted by Crippen LogP contribution is 2.11. The molecular weight excluding hydrogens is 274 g/mol. The number of ether oxygens (including phenoxy) is 1. The Hall–Kier alpha value is -2.55. The van der Waals surface area contributed by atoms with Crippen LogP contribution >= 0.6 is 0 Å². The Morgan fingerprint density at radius 3 is 2.59 bits per heavy atom. The van der Waals surface area contributed by atoms with Gasteiger partial charge in [-0.2, -0.15) is 0 Å². The van der Waals surface area contributed by atoms with Gasteiger partial charge >= 0.3 is 0 Å². The van der Waals surface area contributed by atoms with Crippen LogP contribution in [0.15, 0.2) is 54.6 Å². The molecule has 0 aromatic heterocycles. The van der Waals surface area contributed by atoms with E-state index in [1.165, 1.54) is 11.6 Å². The van der Waals surface area contributed by atoms with Crippen LogP contribution in [0.4, 0.5) is 0 Å². The van der Waals surface area contributed by atoms with Gasteiger partial charge in [-0.15, -0.1) is 0 Å². The zero-order chi connectivity index (χ0) is 15.8. The first-order chi connectivity index (χ1) is 10.6. The normalized spacial score (nSPS) is 10.6. The van der Waals surface area contributed by atoms with Crippen LogP contribution in [0.3, 0.4) is 0 Å². The SMILES string of the molecule is Cc1ccc(/C=C/C(=O)NCCOc2cccc(C)c2)cc1. The number of aryl methyl sites for hydroxylation is 2. The summed E-state index contributed by atoms with van der Waals surface area (Å²) in [7, 11) is 0. The van der Waals surface area contributed by atoms with E-state index in [-0.39, 0.29) is 5.91 Å². The molecule has 2 rings (SSSR count). The summed E-state index contributed by atoms with van der Waals surface area (Å²) in [5, 5.41) is 2.80. The van der Waals surface area contributed by atoms with Gasteiger partial charge in [0.05, 0.1) is 6.54 Å². The molecule has 22 heavy (non-hydrogen) atoms. The number of hydrogen-bond acceptors (Lipinski definition) is 2. The van der Waals surface area contributed by atoms with Gasteiger partial charge in [-0.1, -0.05) is 42.0 Å². The van der Waals surface area contributed by atoms with E-state index in [0.29, 0.717) is 13.2 Å². The van der Waals surface area contributed by atoms with E-state index in [4.69, 9.17) is 4.74 Å². The molecule has 0 aliphatic carbocycles. The molecule has 0 unspecified atom stereocenters. The Kier molecular flexibility index (Phi) is 5.78. The quantitative estimate of drug-likeness (QED) is 0.654. The zero-order valence-corrected chi connectivity index (χ0v) is 13.0. The number of carbonyl (C=O) groups is 1. The number of nitrogens with one attached hydrogen (secondary N) is 1. The molecule has 2 aromatic carbocycles. The van der Waals surface area contributed by atoms with Gasteiger partial charge < -0.3 is 10.1 Å². The Balaban J connectivity index is 1.70. The van der Waals surface area contributed by atoms with Crippen LogP contribution in [0.1, 0.15) is 16.7 Å². The van der Waals surface area contributed by atoms with Gasteiger partial charge in [0.25, 0.3) is 0 Å². The minimum Gasteiger partial charge on any atom is -0.492 e. The van der Waals surface area contributed by atoms with Crippen LogP contribution in [0.5, 0.6) is 5.75 Å². The van der Waals surface area contributed by atoms with E-state index in [0.717, 1.165) is 16.9 Å². The van der Waals surface area contributed by atoms with Crippen LogP contribution in [0.2, 0.25) is 0 Å². The van der Waals surface area contributed by atoms with Crippen molar-refractivity contribution in [1.82, 2.24) is 5.32 Å². The summed E-state index contributed by atoms with van der Waals surface area (Å²) >= 11 is 0. The van der Waals surface area contributed by atoms with Gasteiger partial charge in [-0.25, -0.2) is 0 Å². The van der Waals surface area contributed by atoms with Crippen molar-refractivity contribution in [3.63, 3.8) is 0 Å². The van der Waals surface area contributed by atoms with Gasteiger partial charge in [-0.05, 0) is 43.2 Å². The number of carbonyl (C=O) groups excluding carboxylic acids is 1. The molecule has 1 N–H and O–H groups in total. The lowest BCUT2D eigenvalue weighted by atomic mass is 10.1. The molecule has 2 aromatic rings. The highest BCUT2D eigenvalue weighted by atomic mass is 16.5. The molecule has 0 aliphatic heterocycles. The summed E-state index contributed by atoms with van der Waals surface area (Å²) < 4.78 is 5.57.